The molecule has 0 spiro atoms. The summed E-state index contributed by atoms with van der Waals surface area (Å²) in [6.45, 7) is 0. The normalized spacial score (nSPS) is 10.3. The molecule has 0 radical (unpaired) electrons. The maximum Gasteiger partial charge on any atom is 0.169 e. The van der Waals surface area contributed by atoms with E-state index in [1.54, 1.807) is 36.5 Å². The van der Waals surface area contributed by atoms with Gasteiger partial charge in [-0.05, 0) is 35.9 Å². The third-order valence-corrected chi connectivity index (χ3v) is 3.02. The van der Waals surface area contributed by atoms with Crippen LogP contribution in [0.3, 0.4) is 0 Å². The van der Waals surface area contributed by atoms with Crippen LogP contribution in [-0.2, 0) is 6.42 Å². The molecule has 2 rings (SSSR count). The molecule has 1 aromatic carbocycles. The summed E-state index contributed by atoms with van der Waals surface area (Å²) in [7, 11) is 0. The van der Waals surface area contributed by atoms with Crippen LogP contribution in [0.1, 0.15) is 15.9 Å². The van der Waals surface area contributed by atoms with Gasteiger partial charge in [0.15, 0.2) is 5.78 Å². The molecule has 0 aliphatic rings. The van der Waals surface area contributed by atoms with Crippen molar-refractivity contribution < 1.29 is 4.79 Å². The van der Waals surface area contributed by atoms with E-state index >= 15 is 0 Å². The number of pyridine rings is 1. The zero-order valence-corrected chi connectivity index (χ0v) is 11.1. The van der Waals surface area contributed by atoms with Gasteiger partial charge in [-0.1, -0.05) is 15.9 Å². The van der Waals surface area contributed by atoms with Crippen molar-refractivity contribution in [2.24, 2.45) is 0 Å². The van der Waals surface area contributed by atoms with Gasteiger partial charge in [0.25, 0.3) is 0 Å². The van der Waals surface area contributed by atoms with Crippen LogP contribution in [0.2, 0.25) is 0 Å². The van der Waals surface area contributed by atoms with Crippen LogP contribution in [0.15, 0.2) is 41.0 Å². The number of aromatic nitrogens is 1. The molecule has 0 unspecified atom stereocenters. The molecule has 4 nitrogen and oxygen atoms in total. The first kappa shape index (κ1) is 12.6. The summed E-state index contributed by atoms with van der Waals surface area (Å²) in [6.07, 6.45) is 1.85. The second-order valence-electron chi connectivity index (χ2n) is 3.92. The Morgan fingerprint density at radius 1 is 1.22 bits per heavy atom. The monoisotopic (exact) mass is 305 g/mol. The lowest BCUT2D eigenvalue weighted by molar-refractivity contribution is 0.0994. The number of hydrogen-bond acceptors (Lipinski definition) is 4. The van der Waals surface area contributed by atoms with Crippen molar-refractivity contribution in [3.63, 3.8) is 0 Å². The van der Waals surface area contributed by atoms with Crippen LogP contribution in [0.25, 0.3) is 0 Å². The van der Waals surface area contributed by atoms with Crippen molar-refractivity contribution in [2.75, 3.05) is 11.5 Å². The second-order valence-corrected chi connectivity index (χ2v) is 4.84. The third kappa shape index (κ3) is 2.87. The van der Waals surface area contributed by atoms with Gasteiger partial charge in [-0.25, -0.2) is 4.98 Å². The van der Waals surface area contributed by atoms with Crippen LogP contribution in [-0.4, -0.2) is 10.8 Å². The van der Waals surface area contributed by atoms with E-state index in [4.69, 9.17) is 11.5 Å². The lowest BCUT2D eigenvalue weighted by Gasteiger charge is -2.05. The summed E-state index contributed by atoms with van der Waals surface area (Å²) in [5.41, 5.74) is 13.2. The number of carbonyl (C=O) groups is 1. The standard InChI is InChI=1S/C13H12BrN3O/c14-9-1-2-10(11(15)7-9)12(18)5-8-3-4-17-13(16)6-8/h1-4,6-7H,5,15H2,(H2,16,17). The highest BCUT2D eigenvalue weighted by Gasteiger charge is 2.11. The summed E-state index contributed by atoms with van der Waals surface area (Å²) in [5, 5.41) is 0. The predicted molar refractivity (Wildman–Crippen MR) is 75.2 cm³/mol. The topological polar surface area (TPSA) is 82.0 Å². The average molecular weight is 306 g/mol. The fraction of sp³-hybridized carbons (Fsp3) is 0.0769. The number of ketones is 1. The largest absolute Gasteiger partial charge is 0.398 e. The zero-order valence-electron chi connectivity index (χ0n) is 9.56. The number of nitrogen functional groups attached to an aromatic ring is 2. The smallest absolute Gasteiger partial charge is 0.169 e. The molecule has 2 aromatic rings. The van der Waals surface area contributed by atoms with E-state index in [1.165, 1.54) is 0 Å². The van der Waals surface area contributed by atoms with Crippen molar-refractivity contribution >= 4 is 33.2 Å². The highest BCUT2D eigenvalue weighted by atomic mass is 79.9. The number of nitrogens with zero attached hydrogens (tertiary/aromatic N) is 1. The van der Waals surface area contributed by atoms with Crippen LogP contribution < -0.4 is 11.5 Å². The quantitative estimate of drug-likeness (QED) is 0.674. The van der Waals surface area contributed by atoms with Gasteiger partial charge in [-0.15, -0.1) is 0 Å². The Balaban J connectivity index is 2.22. The van der Waals surface area contributed by atoms with Crippen LogP contribution in [0.5, 0.6) is 0 Å². The summed E-state index contributed by atoms with van der Waals surface area (Å²) >= 11 is 3.31. The fourth-order valence-corrected chi connectivity index (χ4v) is 2.05. The highest BCUT2D eigenvalue weighted by Crippen LogP contribution is 2.20. The summed E-state index contributed by atoms with van der Waals surface area (Å²) < 4.78 is 0.852. The molecular formula is C13H12BrN3O. The first-order chi connectivity index (χ1) is 8.56. The lowest BCUT2D eigenvalue weighted by atomic mass is 10.0. The molecule has 0 saturated carbocycles. The Kier molecular flexibility index (Phi) is 3.62. The van der Waals surface area contributed by atoms with E-state index < -0.39 is 0 Å². The van der Waals surface area contributed by atoms with E-state index in [-0.39, 0.29) is 12.2 Å². The summed E-state index contributed by atoms with van der Waals surface area (Å²) in [5.74, 6) is 0.370. The van der Waals surface area contributed by atoms with Gasteiger partial charge >= 0.3 is 0 Å². The van der Waals surface area contributed by atoms with Crippen molar-refractivity contribution in [1.29, 1.82) is 0 Å². The third-order valence-electron chi connectivity index (χ3n) is 2.52. The number of benzene rings is 1. The number of hydrogen-bond donors (Lipinski definition) is 2. The van der Waals surface area contributed by atoms with E-state index in [1.807, 2.05) is 0 Å². The van der Waals surface area contributed by atoms with E-state index in [0.29, 0.717) is 17.1 Å². The van der Waals surface area contributed by atoms with E-state index in [9.17, 15) is 4.79 Å². The molecule has 0 bridgehead atoms. The van der Waals surface area contributed by atoms with E-state index in [2.05, 4.69) is 20.9 Å². The molecule has 5 heteroatoms. The Bertz CT molecular complexity index is 599. The van der Waals surface area contributed by atoms with Crippen molar-refractivity contribution in [3.05, 3.63) is 52.1 Å². The number of anilines is 2. The maximum atomic E-state index is 12.1. The Morgan fingerprint density at radius 2 is 2.00 bits per heavy atom. The Morgan fingerprint density at radius 3 is 2.67 bits per heavy atom. The molecule has 0 atom stereocenters. The Hall–Kier alpha value is -1.88. The van der Waals surface area contributed by atoms with Gasteiger partial charge in [-0.2, -0.15) is 0 Å². The Labute approximate surface area is 113 Å². The predicted octanol–water partition coefficient (Wildman–Crippen LogP) is 2.43. The fourth-order valence-electron chi connectivity index (χ4n) is 1.67. The minimum absolute atomic E-state index is 0.0365. The lowest BCUT2D eigenvalue weighted by Crippen LogP contribution is -2.07. The maximum absolute atomic E-state index is 12.1. The molecule has 4 N–H and O–H groups in total. The van der Waals surface area contributed by atoms with Crippen LogP contribution in [0, 0.1) is 0 Å². The summed E-state index contributed by atoms with van der Waals surface area (Å²) in [4.78, 5) is 16.0. The summed E-state index contributed by atoms with van der Waals surface area (Å²) in [6, 6.07) is 8.68. The molecular weight excluding hydrogens is 294 g/mol. The molecule has 0 fully saturated rings. The van der Waals surface area contributed by atoms with Gasteiger partial charge in [0.05, 0.1) is 0 Å². The molecule has 92 valence electrons. The van der Waals surface area contributed by atoms with Gasteiger partial charge in [0, 0.05) is 28.3 Å². The number of rotatable bonds is 3. The van der Waals surface area contributed by atoms with Crippen molar-refractivity contribution in [1.82, 2.24) is 4.98 Å². The number of halogens is 1. The molecule has 1 aromatic heterocycles. The number of nitrogens with two attached hydrogens (primary N) is 2. The van der Waals surface area contributed by atoms with E-state index in [0.717, 1.165) is 10.0 Å². The minimum atomic E-state index is -0.0365. The number of carbonyl (C=O) groups excluding carboxylic acids is 1. The molecule has 1 heterocycles. The first-order valence-corrected chi connectivity index (χ1v) is 6.14. The van der Waals surface area contributed by atoms with Crippen molar-refractivity contribution in [2.45, 2.75) is 6.42 Å². The van der Waals surface area contributed by atoms with Gasteiger partial charge in [-0.3, -0.25) is 4.79 Å². The molecule has 0 saturated heterocycles. The molecule has 18 heavy (non-hydrogen) atoms. The number of Topliss-reactive ketones (excluding diaryl/α,β-unsaturated/α-hetero) is 1. The first-order valence-electron chi connectivity index (χ1n) is 5.35. The van der Waals surface area contributed by atoms with Gasteiger partial charge in [0.1, 0.15) is 5.82 Å². The zero-order chi connectivity index (χ0) is 13.1. The van der Waals surface area contributed by atoms with Gasteiger partial charge < -0.3 is 11.5 Å². The minimum Gasteiger partial charge on any atom is -0.398 e. The van der Waals surface area contributed by atoms with Crippen LogP contribution >= 0.6 is 15.9 Å². The second kappa shape index (κ2) is 5.18. The average Bonchev–Trinajstić information content (AvgIpc) is 2.28. The SMILES string of the molecule is Nc1cc(CC(=O)c2ccc(Br)cc2N)ccn1. The van der Waals surface area contributed by atoms with Crippen molar-refractivity contribution in [3.8, 4) is 0 Å². The highest BCUT2D eigenvalue weighted by molar-refractivity contribution is 9.10. The van der Waals surface area contributed by atoms with Gasteiger partial charge in [0.2, 0.25) is 0 Å². The molecule has 0 amide bonds. The molecule has 0 aliphatic carbocycles. The van der Waals surface area contributed by atoms with Crippen LogP contribution in [0.4, 0.5) is 11.5 Å². The molecule has 0 aliphatic heterocycles.